The van der Waals surface area contributed by atoms with E-state index in [1.807, 2.05) is 13.8 Å². The molecule has 0 radical (unpaired) electrons. The van der Waals surface area contributed by atoms with E-state index in [2.05, 4.69) is 10.0 Å². The number of rotatable bonds is 11. The molecule has 0 aliphatic rings. The second-order valence-corrected chi connectivity index (χ2v) is 7.69. The van der Waals surface area contributed by atoms with E-state index >= 15 is 0 Å². The van der Waals surface area contributed by atoms with Crippen molar-refractivity contribution in [1.29, 1.82) is 0 Å². The lowest BCUT2D eigenvalue weighted by atomic mass is 9.88. The van der Waals surface area contributed by atoms with Crippen molar-refractivity contribution in [3.8, 4) is 0 Å². The van der Waals surface area contributed by atoms with Crippen LogP contribution in [0.15, 0.2) is 29.2 Å². The number of benzene rings is 1. The van der Waals surface area contributed by atoms with Gasteiger partial charge in [0.15, 0.2) is 0 Å². The average molecular weight is 386 g/mol. The Balaban J connectivity index is 2.90. The highest BCUT2D eigenvalue weighted by Crippen LogP contribution is 2.21. The van der Waals surface area contributed by atoms with E-state index in [1.165, 1.54) is 31.4 Å². The van der Waals surface area contributed by atoms with Gasteiger partial charge in [-0.15, -0.1) is 0 Å². The summed E-state index contributed by atoms with van der Waals surface area (Å²) < 4.78 is 31.4. The fourth-order valence-corrected chi connectivity index (χ4v) is 3.48. The van der Waals surface area contributed by atoms with E-state index in [0.717, 1.165) is 0 Å². The fourth-order valence-electron chi connectivity index (χ4n) is 2.47. The number of aliphatic carboxylic acids is 1. The van der Waals surface area contributed by atoms with Crippen LogP contribution in [-0.2, 0) is 19.6 Å². The smallest absolute Gasteiger partial charge is 0.305 e. The van der Waals surface area contributed by atoms with Crippen LogP contribution in [0.1, 0.15) is 43.5 Å². The second kappa shape index (κ2) is 9.65. The van der Waals surface area contributed by atoms with Crippen LogP contribution in [0.25, 0.3) is 0 Å². The molecule has 1 rings (SSSR count). The molecule has 0 bridgehead atoms. The maximum Gasteiger partial charge on any atom is 0.305 e. The van der Waals surface area contributed by atoms with E-state index in [-0.39, 0.29) is 30.0 Å². The minimum absolute atomic E-state index is 0.0351. The van der Waals surface area contributed by atoms with Crippen LogP contribution in [0, 0.1) is 0 Å². The van der Waals surface area contributed by atoms with Crippen LogP contribution in [0.2, 0.25) is 0 Å². The predicted molar refractivity (Wildman–Crippen MR) is 96.5 cm³/mol. The quantitative estimate of drug-likeness (QED) is 0.494. The van der Waals surface area contributed by atoms with Crippen molar-refractivity contribution < 1.29 is 27.9 Å². The van der Waals surface area contributed by atoms with Gasteiger partial charge in [-0.3, -0.25) is 9.59 Å². The first kappa shape index (κ1) is 22.1. The van der Waals surface area contributed by atoms with Crippen LogP contribution >= 0.6 is 0 Å². The van der Waals surface area contributed by atoms with Gasteiger partial charge < -0.3 is 15.2 Å². The number of ether oxygens (including phenoxy) is 1. The minimum Gasteiger partial charge on any atom is -0.481 e. The first-order chi connectivity index (χ1) is 12.2. The van der Waals surface area contributed by atoms with Crippen molar-refractivity contribution in [3.05, 3.63) is 29.8 Å². The maximum atomic E-state index is 12.4. The molecule has 0 aliphatic heterocycles. The van der Waals surface area contributed by atoms with Crippen molar-refractivity contribution in [3.63, 3.8) is 0 Å². The van der Waals surface area contributed by atoms with Crippen LogP contribution in [0.3, 0.4) is 0 Å². The molecule has 0 aromatic heterocycles. The van der Waals surface area contributed by atoms with Gasteiger partial charge in [0.25, 0.3) is 5.91 Å². The van der Waals surface area contributed by atoms with E-state index in [1.54, 1.807) is 0 Å². The highest BCUT2D eigenvalue weighted by atomic mass is 32.2. The van der Waals surface area contributed by atoms with Crippen LogP contribution < -0.4 is 10.0 Å². The van der Waals surface area contributed by atoms with Gasteiger partial charge in [-0.25, -0.2) is 13.1 Å². The predicted octanol–water partition coefficient (Wildman–Crippen LogP) is 1.37. The lowest BCUT2D eigenvalue weighted by Gasteiger charge is -2.31. The highest BCUT2D eigenvalue weighted by molar-refractivity contribution is 7.89. The zero-order chi connectivity index (χ0) is 19.8. The fraction of sp³-hybridized carbons (Fsp3) is 0.529. The average Bonchev–Trinajstić information content (AvgIpc) is 2.60. The van der Waals surface area contributed by atoms with Crippen molar-refractivity contribution in [2.75, 3.05) is 20.3 Å². The largest absolute Gasteiger partial charge is 0.481 e. The van der Waals surface area contributed by atoms with Gasteiger partial charge in [0.05, 0.1) is 23.5 Å². The highest BCUT2D eigenvalue weighted by Gasteiger charge is 2.31. The third-order valence-electron chi connectivity index (χ3n) is 4.25. The van der Waals surface area contributed by atoms with Crippen molar-refractivity contribution in [2.45, 2.75) is 43.5 Å². The van der Waals surface area contributed by atoms with Crippen LogP contribution in [0.5, 0.6) is 0 Å². The molecular weight excluding hydrogens is 360 g/mol. The molecule has 1 amide bonds. The van der Waals surface area contributed by atoms with Crippen LogP contribution in [0.4, 0.5) is 0 Å². The van der Waals surface area contributed by atoms with E-state index < -0.39 is 27.4 Å². The number of carbonyl (C=O) groups excluding carboxylic acids is 1. The van der Waals surface area contributed by atoms with Crippen LogP contribution in [-0.4, -0.2) is 51.2 Å². The summed E-state index contributed by atoms with van der Waals surface area (Å²) in [6.07, 6.45) is 0.760. The van der Waals surface area contributed by atoms with Gasteiger partial charge in [0, 0.05) is 19.2 Å². The molecule has 3 N–H and O–H groups in total. The molecule has 0 spiro atoms. The summed E-state index contributed by atoms with van der Waals surface area (Å²) in [4.78, 5) is 23.6. The molecule has 1 aromatic carbocycles. The molecule has 0 saturated heterocycles. The summed E-state index contributed by atoms with van der Waals surface area (Å²) in [5.74, 6) is -1.43. The number of nitrogens with one attached hydrogen (secondary N) is 2. The van der Waals surface area contributed by atoms with Gasteiger partial charge >= 0.3 is 5.97 Å². The zero-order valence-electron chi connectivity index (χ0n) is 15.2. The molecule has 0 fully saturated rings. The molecule has 0 unspecified atom stereocenters. The molecule has 0 heterocycles. The standard InChI is InChI=1S/C17H26N2O6S/c1-4-17(5-2,12-15(20)21)19-16(22)13-6-8-14(9-7-13)26(23,24)18-10-11-25-3/h6-9,18H,4-5,10-12H2,1-3H3,(H,19,22)(H,20,21). The Morgan fingerprint density at radius 1 is 1.15 bits per heavy atom. The van der Waals surface area contributed by atoms with E-state index in [9.17, 15) is 18.0 Å². The lowest BCUT2D eigenvalue weighted by Crippen LogP contribution is -2.49. The van der Waals surface area contributed by atoms with Gasteiger partial charge in [0.1, 0.15) is 0 Å². The maximum absolute atomic E-state index is 12.4. The van der Waals surface area contributed by atoms with Gasteiger partial charge in [-0.1, -0.05) is 13.8 Å². The van der Waals surface area contributed by atoms with Gasteiger partial charge in [-0.05, 0) is 37.1 Å². The summed E-state index contributed by atoms with van der Waals surface area (Å²) >= 11 is 0. The van der Waals surface area contributed by atoms with E-state index in [0.29, 0.717) is 12.8 Å². The Bertz CT molecular complexity index is 711. The van der Waals surface area contributed by atoms with Crippen molar-refractivity contribution in [2.24, 2.45) is 0 Å². The summed E-state index contributed by atoms with van der Waals surface area (Å²) in [5.41, 5.74) is -0.576. The number of amides is 1. The molecule has 9 heteroatoms. The second-order valence-electron chi connectivity index (χ2n) is 5.93. The first-order valence-corrected chi connectivity index (χ1v) is 9.81. The van der Waals surface area contributed by atoms with Crippen molar-refractivity contribution >= 4 is 21.9 Å². The first-order valence-electron chi connectivity index (χ1n) is 8.32. The third kappa shape index (κ3) is 6.08. The molecule has 8 nitrogen and oxygen atoms in total. The topological polar surface area (TPSA) is 122 Å². The molecule has 1 aromatic rings. The molecule has 0 aliphatic carbocycles. The number of carboxylic acid groups (broad SMARTS) is 1. The lowest BCUT2D eigenvalue weighted by molar-refractivity contribution is -0.138. The Kier molecular flexibility index (Phi) is 8.19. The number of methoxy groups -OCH3 is 1. The summed E-state index contributed by atoms with van der Waals surface area (Å²) in [6.45, 7) is 4.02. The summed E-state index contributed by atoms with van der Waals surface area (Å²) in [5, 5.41) is 11.9. The van der Waals surface area contributed by atoms with Gasteiger partial charge in [-0.2, -0.15) is 0 Å². The number of sulfonamides is 1. The Labute approximate surface area is 154 Å². The Hall–Kier alpha value is -1.97. The Morgan fingerprint density at radius 3 is 2.19 bits per heavy atom. The normalized spacial score (nSPS) is 12.0. The molecule has 0 saturated carbocycles. The van der Waals surface area contributed by atoms with Gasteiger partial charge in [0.2, 0.25) is 10.0 Å². The minimum atomic E-state index is -3.67. The number of hydrogen-bond acceptors (Lipinski definition) is 5. The molecule has 26 heavy (non-hydrogen) atoms. The third-order valence-corrected chi connectivity index (χ3v) is 5.72. The van der Waals surface area contributed by atoms with Crippen molar-refractivity contribution in [1.82, 2.24) is 10.0 Å². The summed E-state index contributed by atoms with van der Waals surface area (Å²) in [7, 11) is -2.20. The monoisotopic (exact) mass is 386 g/mol. The Morgan fingerprint density at radius 2 is 1.73 bits per heavy atom. The number of hydrogen-bond donors (Lipinski definition) is 3. The number of carbonyl (C=O) groups is 2. The molecular formula is C17H26N2O6S. The molecule has 146 valence electrons. The van der Waals surface area contributed by atoms with E-state index in [4.69, 9.17) is 9.84 Å². The summed E-state index contributed by atoms with van der Waals surface area (Å²) in [6, 6.07) is 5.47. The SMILES string of the molecule is CCC(CC)(CC(=O)O)NC(=O)c1ccc(S(=O)(=O)NCCOC)cc1. The zero-order valence-corrected chi connectivity index (χ0v) is 16.1. The number of carboxylic acids is 1. The molecule has 0 atom stereocenters.